The number of hydrogen-bond donors (Lipinski definition) is 1. The second-order valence-corrected chi connectivity index (χ2v) is 9.49. The summed E-state index contributed by atoms with van der Waals surface area (Å²) in [7, 11) is -2.38. The highest BCUT2D eigenvalue weighted by Gasteiger charge is 2.24. The van der Waals surface area contributed by atoms with E-state index in [1.165, 1.54) is 35.3 Å². The van der Waals surface area contributed by atoms with Crippen molar-refractivity contribution in [3.63, 3.8) is 0 Å². The van der Waals surface area contributed by atoms with Gasteiger partial charge in [-0.1, -0.05) is 18.2 Å². The molecule has 1 atom stereocenters. The molecule has 0 saturated carbocycles. The number of primary sulfonamides is 1. The number of amides is 1. The van der Waals surface area contributed by atoms with Crippen LogP contribution in [0.4, 0.5) is 0 Å². The van der Waals surface area contributed by atoms with Crippen molar-refractivity contribution < 1.29 is 22.7 Å². The Bertz CT molecular complexity index is 1190. The first-order valence-corrected chi connectivity index (χ1v) is 11.4. The van der Waals surface area contributed by atoms with Gasteiger partial charge in [-0.2, -0.15) is 0 Å². The maximum absolute atomic E-state index is 12.6. The molecule has 0 fully saturated rings. The van der Waals surface area contributed by atoms with Gasteiger partial charge in [0.05, 0.1) is 27.2 Å². The number of fused-ring (bicyclic) bond motifs is 1. The van der Waals surface area contributed by atoms with E-state index < -0.39 is 28.0 Å². The average Bonchev–Trinajstić information content (AvgIpc) is 3.08. The Balaban J connectivity index is 1.68. The summed E-state index contributed by atoms with van der Waals surface area (Å²) in [5.41, 5.74) is 1.27. The van der Waals surface area contributed by atoms with Crippen LogP contribution in [-0.2, 0) is 26.1 Å². The lowest BCUT2D eigenvalue weighted by Gasteiger charge is -2.20. The van der Waals surface area contributed by atoms with Crippen molar-refractivity contribution in [1.82, 2.24) is 9.88 Å². The van der Waals surface area contributed by atoms with Gasteiger partial charge in [-0.05, 0) is 43.7 Å². The molecule has 30 heavy (non-hydrogen) atoms. The van der Waals surface area contributed by atoms with Crippen molar-refractivity contribution in [2.75, 3.05) is 7.05 Å². The number of hydrogen-bond acceptors (Lipinski definition) is 7. The van der Waals surface area contributed by atoms with E-state index in [-0.39, 0.29) is 17.0 Å². The molecule has 0 saturated heterocycles. The minimum absolute atomic E-state index is 0.00176. The third-order valence-corrected chi connectivity index (χ3v) is 6.52. The van der Waals surface area contributed by atoms with E-state index in [1.54, 1.807) is 14.0 Å². The summed E-state index contributed by atoms with van der Waals surface area (Å²) in [6.07, 6.45) is -1.06. The van der Waals surface area contributed by atoms with Gasteiger partial charge >= 0.3 is 5.97 Å². The highest BCUT2D eigenvalue weighted by Crippen LogP contribution is 2.23. The summed E-state index contributed by atoms with van der Waals surface area (Å²) >= 11 is 1.49. The molecule has 0 aliphatic carbocycles. The quantitative estimate of drug-likeness (QED) is 0.580. The van der Waals surface area contributed by atoms with E-state index in [9.17, 15) is 18.0 Å². The first kappa shape index (κ1) is 21.9. The zero-order chi connectivity index (χ0) is 22.1. The Morgan fingerprint density at radius 1 is 1.23 bits per heavy atom. The molecule has 0 aliphatic rings. The Morgan fingerprint density at radius 3 is 2.60 bits per heavy atom. The minimum Gasteiger partial charge on any atom is -0.449 e. The number of para-hydroxylation sites is 1. The van der Waals surface area contributed by atoms with E-state index >= 15 is 0 Å². The van der Waals surface area contributed by atoms with E-state index in [0.29, 0.717) is 5.56 Å². The molecule has 0 spiro atoms. The number of aromatic nitrogens is 1. The zero-order valence-corrected chi connectivity index (χ0v) is 18.3. The number of rotatable bonds is 6. The zero-order valence-electron chi connectivity index (χ0n) is 16.7. The molecule has 10 heteroatoms. The van der Waals surface area contributed by atoms with Gasteiger partial charge in [0, 0.05) is 7.05 Å². The molecule has 8 nitrogen and oxygen atoms in total. The summed E-state index contributed by atoms with van der Waals surface area (Å²) in [6, 6.07) is 11.7. The van der Waals surface area contributed by atoms with Gasteiger partial charge in [-0.3, -0.25) is 4.79 Å². The van der Waals surface area contributed by atoms with Crippen LogP contribution in [0, 0.1) is 6.92 Å². The largest absolute Gasteiger partial charge is 0.449 e. The van der Waals surface area contributed by atoms with Gasteiger partial charge in [0.1, 0.15) is 5.01 Å². The monoisotopic (exact) mass is 447 g/mol. The normalized spacial score (nSPS) is 12.5. The third-order valence-electron chi connectivity index (χ3n) is 4.45. The molecule has 2 N–H and O–H groups in total. The molecular weight excluding hydrogens is 426 g/mol. The average molecular weight is 448 g/mol. The molecule has 1 unspecified atom stereocenters. The van der Waals surface area contributed by atoms with Gasteiger partial charge in [0.25, 0.3) is 5.91 Å². The van der Waals surface area contributed by atoms with Gasteiger partial charge in [-0.15, -0.1) is 11.3 Å². The second kappa shape index (κ2) is 8.50. The SMILES string of the molecule is Cc1ccc(C(=O)OC(C)C(=O)N(C)Cc2nc3ccccc3s2)cc1S(N)(=O)=O. The Morgan fingerprint density at radius 2 is 1.93 bits per heavy atom. The minimum atomic E-state index is -3.98. The Labute approximate surface area is 178 Å². The molecular formula is C20H21N3O5S2. The molecule has 158 valence electrons. The third kappa shape index (κ3) is 4.84. The fourth-order valence-electron chi connectivity index (χ4n) is 2.89. The van der Waals surface area contributed by atoms with Gasteiger partial charge < -0.3 is 9.64 Å². The van der Waals surface area contributed by atoms with Crippen LogP contribution in [0.15, 0.2) is 47.4 Å². The summed E-state index contributed by atoms with van der Waals surface area (Å²) in [4.78, 5) is 30.8. The number of carbonyl (C=O) groups excluding carboxylic acids is 2. The van der Waals surface area contributed by atoms with Crippen molar-refractivity contribution in [3.8, 4) is 0 Å². The maximum Gasteiger partial charge on any atom is 0.338 e. The van der Waals surface area contributed by atoms with E-state index in [4.69, 9.17) is 9.88 Å². The highest BCUT2D eigenvalue weighted by atomic mass is 32.2. The van der Waals surface area contributed by atoms with Crippen LogP contribution in [0.3, 0.4) is 0 Å². The van der Waals surface area contributed by atoms with Crippen LogP contribution in [0.2, 0.25) is 0 Å². The lowest BCUT2D eigenvalue weighted by atomic mass is 10.1. The fraction of sp³-hybridized carbons (Fsp3) is 0.250. The highest BCUT2D eigenvalue weighted by molar-refractivity contribution is 7.89. The molecule has 3 aromatic rings. The summed E-state index contributed by atoms with van der Waals surface area (Å²) in [6.45, 7) is 3.31. The predicted molar refractivity (Wildman–Crippen MR) is 114 cm³/mol. The van der Waals surface area contributed by atoms with Crippen LogP contribution in [0.25, 0.3) is 10.2 Å². The molecule has 1 heterocycles. The lowest BCUT2D eigenvalue weighted by Crippen LogP contribution is -2.37. The van der Waals surface area contributed by atoms with Gasteiger partial charge in [0.2, 0.25) is 10.0 Å². The molecule has 0 bridgehead atoms. The summed E-state index contributed by atoms with van der Waals surface area (Å²) < 4.78 is 29.6. The Hall–Kier alpha value is -2.82. The standard InChI is InChI=1S/C20H21N3O5S2/c1-12-8-9-14(10-17(12)30(21,26)27)20(25)28-13(2)19(24)23(3)11-18-22-15-6-4-5-7-16(15)29-18/h4-10,13H,11H2,1-3H3,(H2,21,26,27). The number of likely N-dealkylation sites (N-methyl/N-ethyl adjacent to an activating group) is 1. The maximum atomic E-state index is 12.6. The summed E-state index contributed by atoms with van der Waals surface area (Å²) in [5.74, 6) is -1.21. The van der Waals surface area contributed by atoms with Crippen LogP contribution in [-0.4, -0.2) is 43.3 Å². The molecule has 0 aliphatic heterocycles. The van der Waals surface area contributed by atoms with Crippen molar-refractivity contribution >= 4 is 43.5 Å². The van der Waals surface area contributed by atoms with Crippen LogP contribution >= 0.6 is 11.3 Å². The number of nitrogens with two attached hydrogens (primary N) is 1. The van der Waals surface area contributed by atoms with Crippen molar-refractivity contribution in [2.24, 2.45) is 5.14 Å². The van der Waals surface area contributed by atoms with Gasteiger partial charge in [-0.25, -0.2) is 23.3 Å². The van der Waals surface area contributed by atoms with Gasteiger partial charge in [0.15, 0.2) is 6.10 Å². The van der Waals surface area contributed by atoms with Crippen LogP contribution < -0.4 is 5.14 Å². The topological polar surface area (TPSA) is 120 Å². The van der Waals surface area contributed by atoms with Crippen LogP contribution in [0.5, 0.6) is 0 Å². The molecule has 2 aromatic carbocycles. The number of benzene rings is 2. The number of carbonyl (C=O) groups is 2. The smallest absolute Gasteiger partial charge is 0.338 e. The number of sulfonamides is 1. The molecule has 1 amide bonds. The first-order valence-electron chi connectivity index (χ1n) is 9.00. The number of nitrogens with zero attached hydrogens (tertiary/aromatic N) is 2. The number of thiazole rings is 1. The van der Waals surface area contributed by atoms with Crippen molar-refractivity contribution in [1.29, 1.82) is 0 Å². The van der Waals surface area contributed by atoms with Crippen molar-refractivity contribution in [2.45, 2.75) is 31.4 Å². The van der Waals surface area contributed by atoms with E-state index in [0.717, 1.165) is 21.3 Å². The molecule has 1 aromatic heterocycles. The first-order chi connectivity index (χ1) is 14.1. The fourth-order valence-corrected chi connectivity index (χ4v) is 4.72. The summed E-state index contributed by atoms with van der Waals surface area (Å²) in [5, 5.41) is 5.94. The van der Waals surface area contributed by atoms with Crippen LogP contribution in [0.1, 0.15) is 27.9 Å². The lowest BCUT2D eigenvalue weighted by molar-refractivity contribution is -0.139. The van der Waals surface area contributed by atoms with E-state index in [2.05, 4.69) is 4.98 Å². The predicted octanol–water partition coefficient (Wildman–Crippen LogP) is 2.46. The Kier molecular flexibility index (Phi) is 6.20. The van der Waals surface area contributed by atoms with E-state index in [1.807, 2.05) is 24.3 Å². The number of ether oxygens (including phenoxy) is 1. The molecule has 3 rings (SSSR count). The number of aryl methyl sites for hydroxylation is 1. The number of esters is 1. The molecule has 0 radical (unpaired) electrons. The second-order valence-electron chi connectivity index (χ2n) is 6.84. The van der Waals surface area contributed by atoms with Crippen molar-refractivity contribution in [3.05, 3.63) is 58.6 Å².